The van der Waals surface area contributed by atoms with Crippen molar-refractivity contribution < 1.29 is 34.7 Å². The molecule has 0 spiro atoms. The zero-order valence-corrected chi connectivity index (χ0v) is 38.2. The van der Waals surface area contributed by atoms with Crippen LogP contribution in [0.25, 0.3) is 90.9 Å². The highest BCUT2D eigenvalue weighted by molar-refractivity contribution is 6.04. The minimum absolute atomic E-state index is 0.418. The van der Waals surface area contributed by atoms with Gasteiger partial charge >= 0.3 is 0 Å². The van der Waals surface area contributed by atoms with E-state index in [1.54, 1.807) is 6.07 Å². The first-order valence-electron chi connectivity index (χ1n) is 22.9. The lowest BCUT2D eigenvalue weighted by atomic mass is 9.99. The molecule has 3 aliphatic heterocycles. The molecule has 9 N–H and O–H groups in total. The lowest BCUT2D eigenvalue weighted by Gasteiger charge is -2.39. The van der Waals surface area contributed by atoms with E-state index in [1.807, 2.05) is 42.5 Å². The molecule has 8 bridgehead atoms. The maximum Gasteiger partial charge on any atom is 0.243 e. The van der Waals surface area contributed by atoms with Crippen LogP contribution < -0.4 is 11.1 Å². The number of aliphatic hydroxyl groups excluding tert-OH is 4. The van der Waals surface area contributed by atoms with Gasteiger partial charge in [0.05, 0.1) is 36.0 Å². The molecule has 6 heterocycles. The van der Waals surface area contributed by atoms with Crippen LogP contribution in [0, 0.1) is 20.8 Å². The van der Waals surface area contributed by atoms with Crippen molar-refractivity contribution in [2.75, 3.05) is 18.5 Å². The maximum absolute atomic E-state index is 13.9. The Morgan fingerprint density at radius 2 is 1.03 bits per heavy atom. The molecule has 1 saturated heterocycles. The van der Waals surface area contributed by atoms with Crippen LogP contribution in [0.4, 0.5) is 5.69 Å². The minimum atomic E-state index is -1.65. The van der Waals surface area contributed by atoms with Gasteiger partial charge in [0.25, 0.3) is 0 Å². The molecule has 1 fully saturated rings. The van der Waals surface area contributed by atoms with Crippen molar-refractivity contribution in [1.82, 2.24) is 19.9 Å². The summed E-state index contributed by atoms with van der Waals surface area (Å²) < 4.78 is 11.1. The maximum atomic E-state index is 13.9. The first-order valence-corrected chi connectivity index (χ1v) is 22.9. The molecule has 0 aliphatic carbocycles. The predicted octanol–water partition coefficient (Wildman–Crippen LogP) is 8.33. The molecule has 1 amide bonds. The molecule has 1 unspecified atom stereocenters. The molecule has 10 rings (SSSR count). The summed E-state index contributed by atoms with van der Waals surface area (Å²) >= 11 is 0. The van der Waals surface area contributed by atoms with Crippen molar-refractivity contribution in [1.29, 1.82) is 0 Å². The minimum Gasteiger partial charge on any atom is -0.394 e. The Morgan fingerprint density at radius 3 is 1.48 bits per heavy atom. The molecule has 3 aromatic heterocycles. The van der Waals surface area contributed by atoms with E-state index in [4.69, 9.17) is 25.2 Å². The molecule has 3 aliphatic rings. The zero-order chi connectivity index (χ0) is 47.9. The molecule has 7 aromatic rings. The molecule has 69 heavy (non-hydrogen) atoms. The van der Waals surface area contributed by atoms with Gasteiger partial charge in [-0.25, -0.2) is 9.97 Å². The smallest absolute Gasteiger partial charge is 0.243 e. The number of aliphatic hydroxyl groups is 4. The Bertz CT molecular complexity index is 3260. The van der Waals surface area contributed by atoms with E-state index in [0.29, 0.717) is 22.5 Å². The number of aromatic amines is 2. The molecule has 348 valence electrons. The molecule has 13 heteroatoms. The van der Waals surface area contributed by atoms with Gasteiger partial charge < -0.3 is 50.9 Å². The number of rotatable bonds is 10. The van der Waals surface area contributed by atoms with Crippen molar-refractivity contribution in [3.63, 3.8) is 0 Å². The number of carbonyl (C=O) groups is 1. The number of benzene rings is 4. The van der Waals surface area contributed by atoms with Crippen molar-refractivity contribution >= 4 is 58.0 Å². The Morgan fingerprint density at radius 1 is 0.609 bits per heavy atom. The molecule has 6 atom stereocenters. The number of nitrogens with zero attached hydrogens (tertiary/aromatic N) is 2. The standard InChI is InChI=1S/C56H52N6O7/c1-30-8-14-33(15-9-30)48-39-20-22-41(58-39)49(34-16-10-31(2)11-17-34)43-24-26-45(60-43)51(46-27-25-44(61-46)50(42-23-21-40(48)59-42)35-18-12-32(3)13-19-35)36-6-4-5-7-38(36)62-55(67)37(57)29-68-56-54(66)53(65)52(64)47(28-63)69-56/h4-27,37,47,52-54,56,58,61,63-66H,28-29,57H2,1-3H3,(H,62,67)/t37?,47-,52-,53+,54-,56-/m1/s1. The van der Waals surface area contributed by atoms with Crippen LogP contribution in [-0.4, -0.2) is 96.2 Å². The summed E-state index contributed by atoms with van der Waals surface area (Å²) in [6.07, 6.45) is 0.650. The first kappa shape index (κ1) is 45.5. The third-order valence-corrected chi connectivity index (χ3v) is 12.9. The van der Waals surface area contributed by atoms with Crippen LogP contribution in [0.15, 0.2) is 121 Å². The lowest BCUT2D eigenvalue weighted by Crippen LogP contribution is -2.59. The summed E-state index contributed by atoms with van der Waals surface area (Å²) in [6.45, 7) is 5.16. The normalized spacial score (nSPS) is 19.2. The average Bonchev–Trinajstić information content (AvgIpc) is 4.21. The van der Waals surface area contributed by atoms with E-state index in [9.17, 15) is 25.2 Å². The van der Waals surface area contributed by atoms with Gasteiger partial charge in [-0.15, -0.1) is 0 Å². The molecule has 4 aromatic carbocycles. The highest BCUT2D eigenvalue weighted by Crippen LogP contribution is 2.40. The number of para-hydroxylation sites is 1. The van der Waals surface area contributed by atoms with E-state index in [0.717, 1.165) is 89.2 Å². The SMILES string of the molecule is Cc1ccc(-c2c3nc(c(-c4ccc(C)cc4)c4ccc([nH]4)c(-c4ccccc4NC(=O)C(N)CO[C@@H]4O[C@H](CO)[C@@H](O)[C@H](O)[C@H]4O)c4nc(c(-c5ccc(C)cc5)c5ccc2[nH]5)C=C4)C=C3)cc1. The quantitative estimate of drug-likeness (QED) is 0.0657. The third-order valence-electron chi connectivity index (χ3n) is 12.9. The molecule has 0 radical (unpaired) electrons. The van der Waals surface area contributed by atoms with Gasteiger partial charge in [-0.05, 0) is 92.1 Å². The molecule has 0 saturated carbocycles. The summed E-state index contributed by atoms with van der Waals surface area (Å²) in [5, 5.41) is 43.6. The number of nitrogens with two attached hydrogens (primary N) is 1. The molecule has 13 nitrogen and oxygen atoms in total. The van der Waals surface area contributed by atoms with Crippen molar-refractivity contribution in [2.24, 2.45) is 5.73 Å². The second kappa shape index (κ2) is 19.0. The summed E-state index contributed by atoms with van der Waals surface area (Å²) in [5.74, 6) is -0.600. The van der Waals surface area contributed by atoms with Gasteiger partial charge in [0.2, 0.25) is 5.91 Å². The van der Waals surface area contributed by atoms with Gasteiger partial charge in [0.1, 0.15) is 30.5 Å². The van der Waals surface area contributed by atoms with Crippen molar-refractivity contribution in [2.45, 2.75) is 57.5 Å². The number of fused-ring (bicyclic) bond motifs is 8. The second-order valence-corrected chi connectivity index (χ2v) is 17.8. The summed E-state index contributed by atoms with van der Waals surface area (Å²) in [7, 11) is 0. The van der Waals surface area contributed by atoms with Crippen molar-refractivity contribution in [3.05, 3.63) is 161 Å². The number of amides is 1. The fourth-order valence-electron chi connectivity index (χ4n) is 9.08. The number of aromatic nitrogens is 4. The molecular formula is C56H52N6O7. The topological polar surface area (TPSA) is 212 Å². The Balaban J connectivity index is 1.17. The van der Waals surface area contributed by atoms with Gasteiger partial charge in [-0.2, -0.15) is 0 Å². The Labute approximate surface area is 398 Å². The number of H-pyrrole nitrogens is 2. The second-order valence-electron chi connectivity index (χ2n) is 17.8. The predicted molar refractivity (Wildman–Crippen MR) is 271 cm³/mol. The summed E-state index contributed by atoms with van der Waals surface area (Å²) in [4.78, 5) is 32.3. The number of nitrogens with one attached hydrogen (secondary N) is 3. The average molecular weight is 921 g/mol. The van der Waals surface area contributed by atoms with E-state index in [1.165, 1.54) is 0 Å². The van der Waals surface area contributed by atoms with E-state index < -0.39 is 55.9 Å². The highest BCUT2D eigenvalue weighted by Gasteiger charge is 2.44. The number of ether oxygens (including phenoxy) is 2. The lowest BCUT2D eigenvalue weighted by molar-refractivity contribution is -0.301. The van der Waals surface area contributed by atoms with Gasteiger partial charge in [-0.1, -0.05) is 108 Å². The van der Waals surface area contributed by atoms with Crippen LogP contribution in [0.1, 0.15) is 39.5 Å². The summed E-state index contributed by atoms with van der Waals surface area (Å²) in [5.41, 5.74) is 23.6. The van der Waals surface area contributed by atoms with Gasteiger partial charge in [-0.3, -0.25) is 4.79 Å². The Hall–Kier alpha value is -7.33. The fraction of sp³-hybridized carbons (Fsp3) is 0.196. The first-order chi connectivity index (χ1) is 33.4. The van der Waals surface area contributed by atoms with Crippen LogP contribution in [-0.2, 0) is 14.3 Å². The number of carbonyl (C=O) groups excluding carboxylic acids is 1. The monoisotopic (exact) mass is 920 g/mol. The fourth-order valence-corrected chi connectivity index (χ4v) is 9.08. The largest absolute Gasteiger partial charge is 0.394 e. The van der Waals surface area contributed by atoms with Crippen LogP contribution in [0.5, 0.6) is 0 Å². The van der Waals surface area contributed by atoms with Crippen molar-refractivity contribution in [3.8, 4) is 44.5 Å². The third kappa shape index (κ3) is 8.96. The number of aryl methyl sites for hydroxylation is 3. The zero-order valence-electron chi connectivity index (χ0n) is 38.2. The van der Waals surface area contributed by atoms with Crippen LogP contribution in [0.2, 0.25) is 0 Å². The van der Waals surface area contributed by atoms with E-state index >= 15 is 0 Å². The van der Waals surface area contributed by atoms with Gasteiger partial charge in [0, 0.05) is 55.6 Å². The number of hydrogen-bond donors (Lipinski definition) is 8. The Kier molecular flexibility index (Phi) is 12.5. The van der Waals surface area contributed by atoms with E-state index in [2.05, 4.69) is 133 Å². The summed E-state index contributed by atoms with van der Waals surface area (Å²) in [6, 6.07) is 39.7. The van der Waals surface area contributed by atoms with Crippen LogP contribution in [0.3, 0.4) is 0 Å². The highest BCUT2D eigenvalue weighted by atomic mass is 16.7. The number of hydrogen-bond acceptors (Lipinski definition) is 10. The van der Waals surface area contributed by atoms with E-state index in [-0.39, 0.29) is 0 Å². The number of anilines is 1. The van der Waals surface area contributed by atoms with Gasteiger partial charge in [0.15, 0.2) is 6.29 Å². The molecular weight excluding hydrogens is 869 g/mol. The van der Waals surface area contributed by atoms with Crippen LogP contribution >= 0.6 is 0 Å².